The molecule has 1 aliphatic carbocycles. The number of anilines is 5. The monoisotopic (exact) mass is 442 g/mol. The van der Waals surface area contributed by atoms with E-state index < -0.39 is 0 Å². The molecule has 0 unspecified atom stereocenters. The van der Waals surface area contributed by atoms with Crippen molar-refractivity contribution in [1.29, 1.82) is 0 Å². The van der Waals surface area contributed by atoms with Gasteiger partial charge in [-0.05, 0) is 12.8 Å². The molecule has 0 spiro atoms. The van der Waals surface area contributed by atoms with Gasteiger partial charge in [0.15, 0.2) is 17.5 Å². The highest BCUT2D eigenvalue weighted by Crippen LogP contribution is 2.35. The summed E-state index contributed by atoms with van der Waals surface area (Å²) in [7, 11) is 1.53. The van der Waals surface area contributed by atoms with Crippen LogP contribution in [0.3, 0.4) is 0 Å². The topological polar surface area (TPSA) is 143 Å². The molecule has 32 heavy (non-hydrogen) atoms. The van der Waals surface area contributed by atoms with Crippen LogP contribution >= 0.6 is 0 Å². The molecule has 12 nitrogen and oxygen atoms in total. The second kappa shape index (κ2) is 9.73. The first-order chi connectivity index (χ1) is 15.5. The molecule has 0 aromatic carbocycles. The molecule has 0 radical (unpaired) electrons. The highest BCUT2D eigenvalue weighted by molar-refractivity contribution is 5.94. The summed E-state index contributed by atoms with van der Waals surface area (Å²) in [5.74, 6) is 1.43. The Morgan fingerprint density at radius 2 is 1.91 bits per heavy atom. The fourth-order valence-corrected chi connectivity index (χ4v) is 3.46. The Kier molecular flexibility index (Phi) is 6.59. The number of rotatable bonds is 7. The van der Waals surface area contributed by atoms with Gasteiger partial charge in [-0.1, -0.05) is 6.42 Å². The highest BCUT2D eigenvalue weighted by Gasteiger charge is 2.26. The van der Waals surface area contributed by atoms with E-state index in [9.17, 15) is 9.59 Å². The lowest BCUT2D eigenvalue weighted by Gasteiger charge is -2.29. The zero-order valence-electron chi connectivity index (χ0n) is 18.1. The van der Waals surface area contributed by atoms with Gasteiger partial charge in [0.25, 0.3) is 0 Å². The van der Waals surface area contributed by atoms with E-state index in [1.54, 1.807) is 0 Å². The van der Waals surface area contributed by atoms with Crippen molar-refractivity contribution in [2.45, 2.75) is 26.2 Å². The number of methoxy groups -OCH3 is 1. The van der Waals surface area contributed by atoms with Crippen LogP contribution in [-0.4, -0.2) is 65.2 Å². The lowest BCUT2D eigenvalue weighted by atomic mass is 9.85. The smallest absolute Gasteiger partial charge is 0.231 e. The maximum absolute atomic E-state index is 12.3. The molecule has 170 valence electrons. The first-order valence-corrected chi connectivity index (χ1v) is 10.5. The number of hydrogen-bond acceptors (Lipinski definition) is 10. The molecule has 1 saturated carbocycles. The van der Waals surface area contributed by atoms with Gasteiger partial charge in [-0.2, -0.15) is 4.98 Å². The summed E-state index contributed by atoms with van der Waals surface area (Å²) in [5, 5.41) is 8.52. The predicted octanol–water partition coefficient (Wildman–Crippen LogP) is 1.55. The standard InChI is InChI=1S/C20H26N8O4/c1-12(29)24-14-10-21-20(27-19(30)13-4-3-5-13)26-16(14)25-17-15(31-2)18(23-11-22-17)28-6-8-32-9-7-28/h10-11,13H,3-9H2,1-2H3,(H,24,29)(H2,21,22,23,25,26,27,30). The van der Waals surface area contributed by atoms with Crippen LogP contribution < -0.4 is 25.6 Å². The lowest BCUT2D eigenvalue weighted by Crippen LogP contribution is -2.37. The second-order valence-corrected chi connectivity index (χ2v) is 7.56. The summed E-state index contributed by atoms with van der Waals surface area (Å²) in [6, 6.07) is 0. The van der Waals surface area contributed by atoms with E-state index in [0.29, 0.717) is 49.4 Å². The molecule has 2 aromatic heterocycles. The van der Waals surface area contributed by atoms with E-state index >= 15 is 0 Å². The quantitative estimate of drug-likeness (QED) is 0.578. The Morgan fingerprint density at radius 1 is 1.12 bits per heavy atom. The normalized spacial score (nSPS) is 16.1. The van der Waals surface area contributed by atoms with Gasteiger partial charge < -0.3 is 25.0 Å². The van der Waals surface area contributed by atoms with Crippen LogP contribution in [0.1, 0.15) is 26.2 Å². The van der Waals surface area contributed by atoms with Crippen molar-refractivity contribution in [2.75, 3.05) is 54.3 Å². The van der Waals surface area contributed by atoms with E-state index in [4.69, 9.17) is 9.47 Å². The van der Waals surface area contributed by atoms with Crippen LogP contribution in [0, 0.1) is 5.92 Å². The molecule has 1 aliphatic heterocycles. The Balaban J connectivity index is 1.63. The number of aromatic nitrogens is 4. The maximum Gasteiger partial charge on any atom is 0.231 e. The molecular formula is C20H26N8O4. The average Bonchev–Trinajstić information content (AvgIpc) is 2.74. The highest BCUT2D eigenvalue weighted by atomic mass is 16.5. The summed E-state index contributed by atoms with van der Waals surface area (Å²) in [6.45, 7) is 3.93. The van der Waals surface area contributed by atoms with E-state index in [0.717, 1.165) is 19.3 Å². The third-order valence-corrected chi connectivity index (χ3v) is 5.35. The zero-order valence-corrected chi connectivity index (χ0v) is 18.1. The molecule has 2 aliphatic rings. The number of ether oxygens (including phenoxy) is 2. The molecule has 2 fully saturated rings. The number of hydrogen-bond donors (Lipinski definition) is 3. The minimum Gasteiger partial charge on any atom is -0.490 e. The lowest BCUT2D eigenvalue weighted by molar-refractivity contribution is -0.122. The molecule has 0 bridgehead atoms. The number of morpholine rings is 1. The fraction of sp³-hybridized carbons (Fsp3) is 0.500. The summed E-state index contributed by atoms with van der Waals surface area (Å²) >= 11 is 0. The van der Waals surface area contributed by atoms with Crippen LogP contribution in [0.15, 0.2) is 12.5 Å². The van der Waals surface area contributed by atoms with E-state index in [-0.39, 0.29) is 29.5 Å². The van der Waals surface area contributed by atoms with Gasteiger partial charge in [-0.25, -0.2) is 15.0 Å². The minimum atomic E-state index is -0.286. The number of carbonyl (C=O) groups excluding carboxylic acids is 2. The van der Waals surface area contributed by atoms with Gasteiger partial charge in [0, 0.05) is 25.9 Å². The number of carbonyl (C=O) groups is 2. The second-order valence-electron chi connectivity index (χ2n) is 7.56. The van der Waals surface area contributed by atoms with Crippen molar-refractivity contribution in [3.8, 4) is 5.75 Å². The molecular weight excluding hydrogens is 416 g/mol. The number of nitrogens with one attached hydrogen (secondary N) is 3. The minimum absolute atomic E-state index is 0.0110. The van der Waals surface area contributed by atoms with E-state index in [2.05, 4.69) is 35.9 Å². The summed E-state index contributed by atoms with van der Waals surface area (Å²) in [5.41, 5.74) is 0.340. The molecule has 2 amide bonds. The Bertz CT molecular complexity index is 992. The van der Waals surface area contributed by atoms with Crippen LogP contribution in [0.25, 0.3) is 0 Å². The van der Waals surface area contributed by atoms with Crippen LogP contribution in [0.4, 0.5) is 29.1 Å². The summed E-state index contributed by atoms with van der Waals surface area (Å²) < 4.78 is 11.0. The Morgan fingerprint density at radius 3 is 2.56 bits per heavy atom. The van der Waals surface area contributed by atoms with Crippen molar-refractivity contribution in [2.24, 2.45) is 5.92 Å². The molecule has 3 N–H and O–H groups in total. The third-order valence-electron chi connectivity index (χ3n) is 5.35. The Labute approximate surface area is 185 Å². The van der Waals surface area contributed by atoms with Gasteiger partial charge in [0.2, 0.25) is 23.5 Å². The first-order valence-electron chi connectivity index (χ1n) is 10.5. The molecule has 3 heterocycles. The van der Waals surface area contributed by atoms with Crippen molar-refractivity contribution in [3.63, 3.8) is 0 Å². The predicted molar refractivity (Wildman–Crippen MR) is 117 cm³/mol. The average molecular weight is 442 g/mol. The van der Waals surface area contributed by atoms with Gasteiger partial charge in [-0.3, -0.25) is 14.9 Å². The molecule has 12 heteroatoms. The van der Waals surface area contributed by atoms with Crippen molar-refractivity contribution in [3.05, 3.63) is 12.5 Å². The van der Waals surface area contributed by atoms with Crippen molar-refractivity contribution >= 4 is 40.9 Å². The summed E-state index contributed by atoms with van der Waals surface area (Å²) in [6.07, 6.45) is 5.64. The fourth-order valence-electron chi connectivity index (χ4n) is 3.46. The van der Waals surface area contributed by atoms with Gasteiger partial charge >= 0.3 is 0 Å². The molecule has 4 rings (SSSR count). The van der Waals surface area contributed by atoms with Gasteiger partial charge in [-0.15, -0.1) is 0 Å². The molecule has 1 saturated heterocycles. The first kappa shape index (κ1) is 21.7. The Hall–Kier alpha value is -3.54. The molecule has 2 aromatic rings. The van der Waals surface area contributed by atoms with Crippen LogP contribution in [-0.2, 0) is 14.3 Å². The van der Waals surface area contributed by atoms with Gasteiger partial charge in [0.1, 0.15) is 12.0 Å². The van der Waals surface area contributed by atoms with E-state index in [1.165, 1.54) is 26.6 Å². The van der Waals surface area contributed by atoms with E-state index in [1.807, 2.05) is 4.90 Å². The zero-order chi connectivity index (χ0) is 22.5. The third kappa shape index (κ3) is 4.85. The number of amides is 2. The summed E-state index contributed by atoms with van der Waals surface area (Å²) in [4.78, 5) is 43.3. The largest absolute Gasteiger partial charge is 0.490 e. The van der Waals surface area contributed by atoms with Gasteiger partial charge in [0.05, 0.1) is 26.5 Å². The van der Waals surface area contributed by atoms with Crippen LogP contribution in [0.2, 0.25) is 0 Å². The van der Waals surface area contributed by atoms with Crippen LogP contribution in [0.5, 0.6) is 5.75 Å². The number of nitrogens with zero attached hydrogens (tertiary/aromatic N) is 5. The van der Waals surface area contributed by atoms with Crippen molar-refractivity contribution in [1.82, 2.24) is 19.9 Å². The molecule has 0 atom stereocenters. The maximum atomic E-state index is 12.3. The van der Waals surface area contributed by atoms with Crippen molar-refractivity contribution < 1.29 is 19.1 Å². The SMILES string of the molecule is COc1c(Nc2nc(NC(=O)C3CCC3)ncc2NC(C)=O)ncnc1N1CCOCC1.